The number of anilines is 1. The number of amides is 2. The molecule has 2 aromatic carbocycles. The maximum absolute atomic E-state index is 13.5. The molecule has 0 aromatic heterocycles. The summed E-state index contributed by atoms with van der Waals surface area (Å²) >= 11 is 0. The average molecular weight is 405 g/mol. The van der Waals surface area contributed by atoms with Crippen molar-refractivity contribution in [2.45, 2.75) is 13.8 Å². The van der Waals surface area contributed by atoms with E-state index in [4.69, 9.17) is 4.74 Å². The van der Waals surface area contributed by atoms with Gasteiger partial charge in [0.1, 0.15) is 11.4 Å². The van der Waals surface area contributed by atoms with E-state index < -0.39 is 0 Å². The monoisotopic (exact) mass is 405 g/mol. The Kier molecular flexibility index (Phi) is 5.86. The lowest BCUT2D eigenvalue weighted by Gasteiger charge is -2.36. The third-order valence-electron chi connectivity index (χ3n) is 5.66. The van der Waals surface area contributed by atoms with Gasteiger partial charge in [-0.15, -0.1) is 0 Å². The van der Waals surface area contributed by atoms with Crippen LogP contribution in [0, 0.1) is 0 Å². The van der Waals surface area contributed by atoms with E-state index in [1.807, 2.05) is 37.3 Å². The molecule has 0 aliphatic carbocycles. The lowest BCUT2D eigenvalue weighted by Crippen LogP contribution is -2.47. The molecule has 0 radical (unpaired) electrons. The summed E-state index contributed by atoms with van der Waals surface area (Å²) in [6.07, 6.45) is 0. The molecule has 4 rings (SSSR count). The second-order valence-corrected chi connectivity index (χ2v) is 7.38. The quantitative estimate of drug-likeness (QED) is 0.692. The molecule has 2 aliphatic rings. The Balaban J connectivity index is 1.71. The van der Waals surface area contributed by atoms with Crippen molar-refractivity contribution in [2.24, 2.45) is 0 Å². The molecule has 30 heavy (non-hydrogen) atoms. The van der Waals surface area contributed by atoms with Gasteiger partial charge >= 0.3 is 0 Å². The van der Waals surface area contributed by atoms with Crippen molar-refractivity contribution in [3.63, 3.8) is 0 Å². The summed E-state index contributed by atoms with van der Waals surface area (Å²) in [4.78, 5) is 32.7. The molecule has 0 N–H and O–H groups in total. The summed E-state index contributed by atoms with van der Waals surface area (Å²) in [7, 11) is 0. The Bertz CT molecular complexity index is 945. The highest BCUT2D eigenvalue weighted by Crippen LogP contribution is 2.35. The number of carbonyl (C=O) groups is 2. The number of piperazine rings is 1. The molecule has 6 heteroatoms. The van der Waals surface area contributed by atoms with E-state index in [9.17, 15) is 9.59 Å². The first kappa shape index (κ1) is 20.2. The van der Waals surface area contributed by atoms with Crippen LogP contribution in [-0.2, 0) is 9.59 Å². The van der Waals surface area contributed by atoms with E-state index in [0.717, 1.165) is 38.3 Å². The fourth-order valence-corrected chi connectivity index (χ4v) is 4.06. The van der Waals surface area contributed by atoms with Crippen molar-refractivity contribution in [2.75, 3.05) is 44.2 Å². The van der Waals surface area contributed by atoms with Crippen molar-refractivity contribution in [3.05, 3.63) is 65.9 Å². The van der Waals surface area contributed by atoms with Crippen molar-refractivity contribution >= 4 is 23.1 Å². The zero-order valence-electron chi connectivity index (χ0n) is 17.5. The number of benzene rings is 2. The molecule has 6 nitrogen and oxygen atoms in total. The highest BCUT2D eigenvalue weighted by molar-refractivity contribution is 6.45. The number of ether oxygens (including phenoxy) is 1. The van der Waals surface area contributed by atoms with Crippen LogP contribution in [0.5, 0.6) is 5.75 Å². The summed E-state index contributed by atoms with van der Waals surface area (Å²) < 4.78 is 5.49. The van der Waals surface area contributed by atoms with Gasteiger partial charge in [-0.25, -0.2) is 4.90 Å². The molecule has 0 bridgehead atoms. The van der Waals surface area contributed by atoms with Gasteiger partial charge in [-0.1, -0.05) is 37.3 Å². The van der Waals surface area contributed by atoms with Crippen LogP contribution in [0.25, 0.3) is 5.57 Å². The Hall–Kier alpha value is -3.12. The van der Waals surface area contributed by atoms with Gasteiger partial charge in [0.2, 0.25) is 0 Å². The van der Waals surface area contributed by atoms with Crippen molar-refractivity contribution in [3.8, 4) is 5.75 Å². The van der Waals surface area contributed by atoms with Crippen LogP contribution in [-0.4, -0.2) is 60.9 Å². The first-order chi connectivity index (χ1) is 14.6. The minimum Gasteiger partial charge on any atom is -0.494 e. The number of hydrogen-bond donors (Lipinski definition) is 0. The molecule has 0 atom stereocenters. The van der Waals surface area contributed by atoms with Gasteiger partial charge in [0.15, 0.2) is 0 Å². The zero-order valence-corrected chi connectivity index (χ0v) is 17.5. The summed E-state index contributed by atoms with van der Waals surface area (Å²) in [5.74, 6) is 0.184. The van der Waals surface area contributed by atoms with Crippen LogP contribution in [0.4, 0.5) is 5.69 Å². The fourth-order valence-electron chi connectivity index (χ4n) is 4.06. The first-order valence-electron chi connectivity index (χ1n) is 10.5. The van der Waals surface area contributed by atoms with E-state index in [-0.39, 0.29) is 11.8 Å². The molecule has 2 aromatic rings. The van der Waals surface area contributed by atoms with Gasteiger partial charge < -0.3 is 14.5 Å². The van der Waals surface area contributed by atoms with Gasteiger partial charge in [0, 0.05) is 26.2 Å². The van der Waals surface area contributed by atoms with Crippen LogP contribution >= 0.6 is 0 Å². The van der Waals surface area contributed by atoms with Gasteiger partial charge in [-0.2, -0.15) is 0 Å². The number of likely N-dealkylation sites (N-methyl/N-ethyl adjacent to an activating group) is 1. The molecular weight excluding hydrogens is 378 g/mol. The average Bonchev–Trinajstić information content (AvgIpc) is 3.05. The molecule has 1 fully saturated rings. The van der Waals surface area contributed by atoms with Crippen LogP contribution in [0.2, 0.25) is 0 Å². The van der Waals surface area contributed by atoms with Crippen LogP contribution in [0.15, 0.2) is 60.3 Å². The largest absolute Gasteiger partial charge is 0.494 e. The number of imide groups is 1. The SMILES string of the molecule is CCOc1ccc(N2C(=O)C(c3ccccc3)=C(N3CCN(CC)CC3)C2=O)cc1. The van der Waals surface area contributed by atoms with Crippen LogP contribution in [0.1, 0.15) is 19.4 Å². The Labute approximate surface area is 177 Å². The van der Waals surface area contributed by atoms with E-state index >= 15 is 0 Å². The molecule has 0 saturated carbocycles. The molecule has 156 valence electrons. The minimum atomic E-state index is -0.275. The van der Waals surface area contributed by atoms with Crippen molar-refractivity contribution in [1.82, 2.24) is 9.80 Å². The van der Waals surface area contributed by atoms with E-state index in [1.165, 1.54) is 4.90 Å². The fraction of sp³-hybridized carbons (Fsp3) is 0.333. The van der Waals surface area contributed by atoms with Gasteiger partial charge in [-0.05, 0) is 43.3 Å². The molecular formula is C24H27N3O3. The lowest BCUT2D eigenvalue weighted by molar-refractivity contribution is -0.120. The molecule has 2 heterocycles. The van der Waals surface area contributed by atoms with Gasteiger partial charge in [0.25, 0.3) is 11.8 Å². The number of carbonyl (C=O) groups excluding carboxylic acids is 2. The molecule has 2 amide bonds. The highest BCUT2D eigenvalue weighted by atomic mass is 16.5. The highest BCUT2D eigenvalue weighted by Gasteiger charge is 2.42. The predicted molar refractivity (Wildman–Crippen MR) is 117 cm³/mol. The van der Waals surface area contributed by atoms with Gasteiger partial charge in [-0.3, -0.25) is 9.59 Å². The molecule has 2 aliphatic heterocycles. The Morgan fingerprint density at radius 1 is 0.833 bits per heavy atom. The van der Waals surface area contributed by atoms with Crippen molar-refractivity contribution < 1.29 is 14.3 Å². The number of hydrogen-bond acceptors (Lipinski definition) is 5. The number of nitrogens with zero attached hydrogens (tertiary/aromatic N) is 3. The summed E-state index contributed by atoms with van der Waals surface area (Å²) in [5, 5.41) is 0. The van der Waals surface area contributed by atoms with E-state index in [0.29, 0.717) is 29.3 Å². The third kappa shape index (κ3) is 3.71. The van der Waals surface area contributed by atoms with Crippen LogP contribution in [0.3, 0.4) is 0 Å². The summed E-state index contributed by atoms with van der Waals surface area (Å²) in [5.41, 5.74) is 2.33. The summed E-state index contributed by atoms with van der Waals surface area (Å²) in [6, 6.07) is 16.6. The topological polar surface area (TPSA) is 53.1 Å². The first-order valence-corrected chi connectivity index (χ1v) is 10.5. The predicted octanol–water partition coefficient (Wildman–Crippen LogP) is 3.01. The maximum Gasteiger partial charge on any atom is 0.282 e. The molecule has 0 unspecified atom stereocenters. The Morgan fingerprint density at radius 3 is 2.10 bits per heavy atom. The second kappa shape index (κ2) is 8.71. The zero-order chi connectivity index (χ0) is 21.1. The number of rotatable bonds is 6. The second-order valence-electron chi connectivity index (χ2n) is 7.38. The third-order valence-corrected chi connectivity index (χ3v) is 5.66. The van der Waals surface area contributed by atoms with E-state index in [1.54, 1.807) is 24.3 Å². The summed E-state index contributed by atoms with van der Waals surface area (Å²) in [6.45, 7) is 8.84. The van der Waals surface area contributed by atoms with Crippen LogP contribution < -0.4 is 9.64 Å². The molecule has 0 spiro atoms. The Morgan fingerprint density at radius 2 is 1.50 bits per heavy atom. The maximum atomic E-state index is 13.5. The van der Waals surface area contributed by atoms with Gasteiger partial charge in [0.05, 0.1) is 17.9 Å². The van der Waals surface area contributed by atoms with Crippen molar-refractivity contribution in [1.29, 1.82) is 0 Å². The minimum absolute atomic E-state index is 0.257. The normalized spacial score (nSPS) is 17.8. The smallest absolute Gasteiger partial charge is 0.282 e. The lowest BCUT2D eigenvalue weighted by atomic mass is 10.0. The molecule has 1 saturated heterocycles. The standard InChI is InChI=1S/C24H27N3O3/c1-3-25-14-16-26(17-15-25)22-21(18-8-6-5-7-9-18)23(28)27(24(22)29)19-10-12-20(13-11-19)30-4-2/h5-13H,3-4,14-17H2,1-2H3. The van der Waals surface area contributed by atoms with E-state index in [2.05, 4.69) is 16.7 Å².